The van der Waals surface area contributed by atoms with E-state index in [1.54, 1.807) is 0 Å². The van der Waals surface area contributed by atoms with Crippen molar-refractivity contribution in [3.05, 3.63) is 11.6 Å². The lowest BCUT2D eigenvalue weighted by Crippen LogP contribution is -2.55. The Morgan fingerprint density at radius 1 is 1.00 bits per heavy atom. The van der Waals surface area contributed by atoms with Crippen LogP contribution in [0.5, 0.6) is 0 Å². The second kappa shape index (κ2) is 8.37. The first-order chi connectivity index (χ1) is 15.9. The summed E-state index contributed by atoms with van der Waals surface area (Å²) in [7, 11) is 0. The third-order valence-corrected chi connectivity index (χ3v) is 11.2. The Kier molecular flexibility index (Phi) is 6.53. The van der Waals surface area contributed by atoms with Crippen LogP contribution in [-0.2, 0) is 0 Å². The Balaban J connectivity index is 1.50. The van der Waals surface area contributed by atoms with Gasteiger partial charge in [0.15, 0.2) is 11.2 Å². The molecule has 1 unspecified atom stereocenters. The van der Waals surface area contributed by atoms with Gasteiger partial charge in [-0.3, -0.25) is 0 Å². The predicted molar refractivity (Wildman–Crippen MR) is 121 cm³/mol. The Bertz CT molecular complexity index is 848. The fourth-order valence-corrected chi connectivity index (χ4v) is 8.72. The monoisotopic (exact) mass is 510 g/mol. The molecule has 0 spiro atoms. The molecule has 35 heavy (non-hydrogen) atoms. The maximum Gasteiger partial charge on any atom is 0.417 e. The average Bonchev–Trinajstić information content (AvgIpc) is 3.08. The van der Waals surface area contributed by atoms with E-state index in [9.17, 15) is 36.6 Å². The lowest BCUT2D eigenvalue weighted by atomic mass is 9.46. The summed E-state index contributed by atoms with van der Waals surface area (Å²) in [5, 5.41) is 20.2. The van der Waals surface area contributed by atoms with Crippen LogP contribution in [0.15, 0.2) is 11.6 Å². The van der Waals surface area contributed by atoms with Gasteiger partial charge in [-0.25, -0.2) is 0 Å². The normalized spacial score (nSPS) is 44.5. The number of allylic oxidation sites excluding steroid dienone is 1. The van der Waals surface area contributed by atoms with E-state index in [4.69, 9.17) is 0 Å². The highest BCUT2D eigenvalue weighted by atomic mass is 19.4. The van der Waals surface area contributed by atoms with Crippen LogP contribution in [0.4, 0.5) is 26.3 Å². The molecule has 0 radical (unpaired) electrons. The third-order valence-electron chi connectivity index (χ3n) is 11.2. The number of rotatable bonds is 4. The van der Waals surface area contributed by atoms with E-state index < -0.39 is 23.6 Å². The van der Waals surface area contributed by atoms with Crippen molar-refractivity contribution in [3.63, 3.8) is 0 Å². The SMILES string of the molecule is C[C@H](CCC(C)(O)C(F)(F)F)[C@H]1CC[C@H]2[C@@H]3CC=C4C[C@](O)(C(F)(F)F)CC[C@]4(C)[C@H]3CC[C@]12C. The molecule has 4 rings (SSSR count). The zero-order valence-electron chi connectivity index (χ0n) is 21.2. The number of hydrogen-bond donors (Lipinski definition) is 2. The highest BCUT2D eigenvalue weighted by molar-refractivity contribution is 5.28. The highest BCUT2D eigenvalue weighted by Gasteiger charge is 2.63. The van der Waals surface area contributed by atoms with Gasteiger partial charge in [-0.05, 0) is 105 Å². The number of aliphatic hydroxyl groups is 2. The van der Waals surface area contributed by atoms with E-state index in [0.29, 0.717) is 31.1 Å². The summed E-state index contributed by atoms with van der Waals surface area (Å²) >= 11 is 0. The Morgan fingerprint density at radius 2 is 1.66 bits per heavy atom. The Labute approximate surface area is 204 Å². The van der Waals surface area contributed by atoms with E-state index in [1.807, 2.05) is 13.0 Å². The molecule has 0 amide bonds. The molecule has 0 saturated heterocycles. The van der Waals surface area contributed by atoms with Gasteiger partial charge in [0.2, 0.25) is 0 Å². The largest absolute Gasteiger partial charge is 0.417 e. The van der Waals surface area contributed by atoms with Gasteiger partial charge in [-0.15, -0.1) is 0 Å². The number of halogens is 6. The van der Waals surface area contributed by atoms with Crippen molar-refractivity contribution in [2.75, 3.05) is 0 Å². The lowest BCUT2D eigenvalue weighted by molar-refractivity contribution is -0.271. The molecule has 2 N–H and O–H groups in total. The summed E-state index contributed by atoms with van der Waals surface area (Å²) in [6, 6.07) is 0. The number of fused-ring (bicyclic) bond motifs is 5. The van der Waals surface area contributed by atoms with Crippen LogP contribution < -0.4 is 0 Å². The predicted octanol–water partition coefficient (Wildman–Crippen LogP) is 7.59. The first kappa shape index (κ1) is 27.3. The molecular formula is C27H40F6O2. The van der Waals surface area contributed by atoms with Gasteiger partial charge in [-0.1, -0.05) is 32.4 Å². The maximum atomic E-state index is 13.5. The minimum absolute atomic E-state index is 0.00620. The van der Waals surface area contributed by atoms with Gasteiger partial charge in [0, 0.05) is 6.42 Å². The van der Waals surface area contributed by atoms with Gasteiger partial charge in [-0.2, -0.15) is 26.3 Å². The van der Waals surface area contributed by atoms with Gasteiger partial charge < -0.3 is 10.2 Å². The molecule has 0 aromatic rings. The van der Waals surface area contributed by atoms with Crippen LogP contribution in [0.1, 0.15) is 91.9 Å². The highest BCUT2D eigenvalue weighted by Crippen LogP contribution is 2.68. The van der Waals surface area contributed by atoms with Crippen molar-refractivity contribution in [2.45, 2.75) is 115 Å². The topological polar surface area (TPSA) is 40.5 Å². The van der Waals surface area contributed by atoms with E-state index >= 15 is 0 Å². The summed E-state index contributed by atoms with van der Waals surface area (Å²) < 4.78 is 80.0. The molecule has 0 aliphatic heterocycles. The molecule has 0 aromatic heterocycles. The van der Waals surface area contributed by atoms with E-state index in [0.717, 1.165) is 38.2 Å². The summed E-state index contributed by atoms with van der Waals surface area (Å²) in [5.74, 6) is 1.36. The molecule has 8 heteroatoms. The summed E-state index contributed by atoms with van der Waals surface area (Å²) in [5.41, 5.74) is -4.91. The van der Waals surface area contributed by atoms with Crippen molar-refractivity contribution in [2.24, 2.45) is 40.4 Å². The second-order valence-electron chi connectivity index (χ2n) is 13.0. The molecule has 0 aromatic carbocycles. The van der Waals surface area contributed by atoms with Crippen LogP contribution >= 0.6 is 0 Å². The molecule has 4 aliphatic rings. The summed E-state index contributed by atoms with van der Waals surface area (Å²) in [4.78, 5) is 0. The molecule has 3 fully saturated rings. The number of alkyl halides is 6. The standard InChI is InChI=1S/C27H40F6O2/c1-16(9-12-24(4,34)26(28,29)30)19-7-8-20-18-6-5-17-15-25(35,27(31,32)33)14-13-22(17,2)21(18)10-11-23(19,20)3/h5,16,18-21,34-35H,6-15H2,1-4H3/t16-,18+,19-,20+,21+,22+,23-,24?,25+/m1/s1. The fraction of sp³-hybridized carbons (Fsp3) is 0.926. The Morgan fingerprint density at radius 3 is 2.26 bits per heavy atom. The fourth-order valence-electron chi connectivity index (χ4n) is 8.72. The van der Waals surface area contributed by atoms with Crippen LogP contribution in [0.3, 0.4) is 0 Å². The van der Waals surface area contributed by atoms with Crippen LogP contribution in [0.25, 0.3) is 0 Å². The summed E-state index contributed by atoms with van der Waals surface area (Å²) in [6.07, 6.45) is -3.11. The van der Waals surface area contributed by atoms with Crippen LogP contribution in [0, 0.1) is 40.4 Å². The van der Waals surface area contributed by atoms with Crippen molar-refractivity contribution < 1.29 is 36.6 Å². The zero-order chi connectivity index (χ0) is 26.2. The quantitative estimate of drug-likeness (QED) is 0.302. The van der Waals surface area contributed by atoms with E-state index in [-0.39, 0.29) is 47.8 Å². The van der Waals surface area contributed by atoms with Crippen molar-refractivity contribution >= 4 is 0 Å². The molecule has 0 bridgehead atoms. The minimum atomic E-state index is -4.65. The Hall–Kier alpha value is -0.760. The molecule has 9 atom stereocenters. The van der Waals surface area contributed by atoms with Crippen LogP contribution in [-0.4, -0.2) is 33.8 Å². The first-order valence-corrected chi connectivity index (χ1v) is 13.1. The smallest absolute Gasteiger partial charge is 0.381 e. The van der Waals surface area contributed by atoms with Crippen LogP contribution in [0.2, 0.25) is 0 Å². The second-order valence-corrected chi connectivity index (χ2v) is 13.0. The molecule has 0 heterocycles. The lowest BCUT2D eigenvalue weighted by Gasteiger charge is -2.59. The van der Waals surface area contributed by atoms with Crippen molar-refractivity contribution in [1.29, 1.82) is 0 Å². The minimum Gasteiger partial charge on any atom is -0.381 e. The number of hydrogen-bond acceptors (Lipinski definition) is 2. The van der Waals surface area contributed by atoms with Crippen molar-refractivity contribution in [3.8, 4) is 0 Å². The van der Waals surface area contributed by atoms with E-state index in [2.05, 4.69) is 13.8 Å². The zero-order valence-corrected chi connectivity index (χ0v) is 21.2. The molecule has 3 saturated carbocycles. The molecule has 4 aliphatic carbocycles. The molecule has 202 valence electrons. The maximum absolute atomic E-state index is 13.5. The van der Waals surface area contributed by atoms with Gasteiger partial charge in [0.25, 0.3) is 0 Å². The third kappa shape index (κ3) is 4.26. The van der Waals surface area contributed by atoms with Gasteiger partial charge in [0.05, 0.1) is 0 Å². The van der Waals surface area contributed by atoms with Crippen molar-refractivity contribution in [1.82, 2.24) is 0 Å². The summed E-state index contributed by atoms with van der Waals surface area (Å²) in [6.45, 7) is 7.22. The first-order valence-electron chi connectivity index (χ1n) is 13.1. The average molecular weight is 511 g/mol. The van der Waals surface area contributed by atoms with E-state index in [1.165, 1.54) is 0 Å². The van der Waals surface area contributed by atoms with Gasteiger partial charge in [0.1, 0.15) is 0 Å². The molecule has 2 nitrogen and oxygen atoms in total. The van der Waals surface area contributed by atoms with Gasteiger partial charge >= 0.3 is 12.4 Å². The molecular weight excluding hydrogens is 470 g/mol.